The zero-order chi connectivity index (χ0) is 10.8. The molecule has 1 aliphatic heterocycles. The van der Waals surface area contributed by atoms with Crippen molar-refractivity contribution in [2.24, 2.45) is 0 Å². The Kier molecular flexibility index (Phi) is 4.41. The predicted molar refractivity (Wildman–Crippen MR) is 66.7 cm³/mol. The van der Waals surface area contributed by atoms with Gasteiger partial charge in [-0.15, -0.1) is 6.54 Å². The molecular weight excluding hydrogens is 217 g/mol. The Labute approximate surface area is 125 Å². The van der Waals surface area contributed by atoms with E-state index in [0.29, 0.717) is 0 Å². The van der Waals surface area contributed by atoms with Gasteiger partial charge < -0.3 is 5.32 Å². The van der Waals surface area contributed by atoms with Crippen molar-refractivity contribution in [1.82, 2.24) is 0 Å². The zero-order valence-corrected chi connectivity index (χ0v) is 12.1. The first kappa shape index (κ1) is 12.8. The number of nitrogens with zero attached hydrogens (tertiary/aromatic N) is 1. The van der Waals surface area contributed by atoms with Gasteiger partial charge >= 0.3 is 29.6 Å². The average Bonchev–Trinajstić information content (AvgIpc) is 2.39. The molecule has 1 heterocycles. The van der Waals surface area contributed by atoms with Crippen molar-refractivity contribution in [3.63, 3.8) is 0 Å². The first-order valence-corrected chi connectivity index (χ1v) is 5.74. The fourth-order valence-corrected chi connectivity index (χ4v) is 2.36. The van der Waals surface area contributed by atoms with E-state index in [-0.39, 0.29) is 35.6 Å². The predicted octanol–water partition coefficient (Wildman–Crippen LogP) is 0.710. The molecule has 0 saturated heterocycles. The van der Waals surface area contributed by atoms with Crippen LogP contribution in [0.4, 0.5) is 0 Å². The summed E-state index contributed by atoms with van der Waals surface area (Å²) in [4.78, 5) is 0. The Hall–Kier alpha value is -0.600. The minimum atomic E-state index is 0. The molecule has 2 heteroatoms. The molecule has 2 aromatic rings. The standard InChI is InChI=1S/C15H14N.Na/c1-2-7-13(8-3-1)15-14-9-5-4-6-12(14)10-11-16-15;/h1-9,15H,10-11H2;/q-1;+1/t15-;/m0./s1. The van der Waals surface area contributed by atoms with Gasteiger partial charge in [0.1, 0.15) is 0 Å². The molecule has 2 aromatic carbocycles. The molecule has 0 unspecified atom stereocenters. The Morgan fingerprint density at radius 2 is 1.59 bits per heavy atom. The van der Waals surface area contributed by atoms with E-state index in [9.17, 15) is 0 Å². The summed E-state index contributed by atoms with van der Waals surface area (Å²) in [7, 11) is 0. The molecule has 0 fully saturated rings. The molecular formula is C15H14NNa. The van der Waals surface area contributed by atoms with Gasteiger partial charge in [-0.1, -0.05) is 71.8 Å². The molecule has 3 rings (SSSR count). The van der Waals surface area contributed by atoms with E-state index in [1.165, 1.54) is 16.7 Å². The summed E-state index contributed by atoms with van der Waals surface area (Å²) in [6.07, 6.45) is 1.08. The van der Waals surface area contributed by atoms with Crippen molar-refractivity contribution >= 4 is 0 Å². The van der Waals surface area contributed by atoms with E-state index in [4.69, 9.17) is 5.32 Å². The molecule has 0 bridgehead atoms. The van der Waals surface area contributed by atoms with Gasteiger partial charge in [0.15, 0.2) is 0 Å². The third-order valence-electron chi connectivity index (χ3n) is 3.16. The minimum absolute atomic E-state index is 0. The Morgan fingerprint density at radius 3 is 2.41 bits per heavy atom. The maximum atomic E-state index is 4.74. The second-order valence-electron chi connectivity index (χ2n) is 4.17. The summed E-state index contributed by atoms with van der Waals surface area (Å²) < 4.78 is 0. The van der Waals surface area contributed by atoms with E-state index in [1.807, 2.05) is 0 Å². The van der Waals surface area contributed by atoms with Gasteiger partial charge in [0.25, 0.3) is 0 Å². The van der Waals surface area contributed by atoms with Gasteiger partial charge in [-0.05, 0) is 12.0 Å². The second-order valence-corrected chi connectivity index (χ2v) is 4.17. The summed E-state index contributed by atoms with van der Waals surface area (Å²) in [5.41, 5.74) is 4.13. The summed E-state index contributed by atoms with van der Waals surface area (Å²) in [5, 5.41) is 4.74. The summed E-state index contributed by atoms with van der Waals surface area (Å²) >= 11 is 0. The molecule has 1 atom stereocenters. The maximum Gasteiger partial charge on any atom is 1.00 e. The number of fused-ring (bicyclic) bond motifs is 1. The molecule has 0 N–H and O–H groups in total. The number of rotatable bonds is 1. The van der Waals surface area contributed by atoms with Gasteiger partial charge in [0.05, 0.1) is 0 Å². The van der Waals surface area contributed by atoms with Crippen LogP contribution in [0.3, 0.4) is 0 Å². The Balaban J connectivity index is 0.00000108. The van der Waals surface area contributed by atoms with Crippen LogP contribution in [0.1, 0.15) is 22.7 Å². The fourth-order valence-electron chi connectivity index (χ4n) is 2.36. The van der Waals surface area contributed by atoms with Gasteiger partial charge in [0, 0.05) is 0 Å². The smallest absolute Gasteiger partial charge is 0.652 e. The van der Waals surface area contributed by atoms with Gasteiger partial charge in [-0.2, -0.15) is 0 Å². The maximum absolute atomic E-state index is 4.74. The topological polar surface area (TPSA) is 14.1 Å². The van der Waals surface area contributed by atoms with Crippen LogP contribution in [0.2, 0.25) is 0 Å². The first-order valence-electron chi connectivity index (χ1n) is 5.74. The van der Waals surface area contributed by atoms with E-state index < -0.39 is 0 Å². The van der Waals surface area contributed by atoms with E-state index in [0.717, 1.165) is 13.0 Å². The van der Waals surface area contributed by atoms with Crippen LogP contribution in [0, 0.1) is 0 Å². The fraction of sp³-hybridized carbons (Fsp3) is 0.200. The normalized spacial score (nSPS) is 18.0. The molecule has 0 saturated carbocycles. The monoisotopic (exact) mass is 231 g/mol. The van der Waals surface area contributed by atoms with Crippen LogP contribution in [-0.4, -0.2) is 6.54 Å². The first-order chi connectivity index (χ1) is 7.95. The van der Waals surface area contributed by atoms with Crippen molar-refractivity contribution in [3.05, 3.63) is 76.6 Å². The number of hydrogen-bond acceptors (Lipinski definition) is 0. The van der Waals surface area contributed by atoms with Gasteiger partial charge in [-0.3, -0.25) is 0 Å². The largest absolute Gasteiger partial charge is 1.00 e. The van der Waals surface area contributed by atoms with Crippen LogP contribution >= 0.6 is 0 Å². The zero-order valence-electron chi connectivity index (χ0n) is 10.1. The molecule has 1 aliphatic rings. The molecule has 17 heavy (non-hydrogen) atoms. The molecule has 0 amide bonds. The molecule has 0 radical (unpaired) electrons. The van der Waals surface area contributed by atoms with Crippen LogP contribution in [-0.2, 0) is 6.42 Å². The van der Waals surface area contributed by atoms with Crippen molar-refractivity contribution in [2.45, 2.75) is 12.5 Å². The summed E-state index contributed by atoms with van der Waals surface area (Å²) in [6, 6.07) is 19.4. The molecule has 80 valence electrons. The number of hydrogen-bond donors (Lipinski definition) is 0. The van der Waals surface area contributed by atoms with E-state index in [1.54, 1.807) is 0 Å². The molecule has 0 aliphatic carbocycles. The van der Waals surface area contributed by atoms with Crippen LogP contribution in [0.15, 0.2) is 54.6 Å². The van der Waals surface area contributed by atoms with E-state index >= 15 is 0 Å². The van der Waals surface area contributed by atoms with Crippen LogP contribution in [0.25, 0.3) is 5.32 Å². The van der Waals surface area contributed by atoms with Crippen molar-refractivity contribution in [3.8, 4) is 0 Å². The van der Waals surface area contributed by atoms with Gasteiger partial charge in [0.2, 0.25) is 0 Å². The Bertz CT molecular complexity index is 481. The Morgan fingerprint density at radius 1 is 0.882 bits per heavy atom. The molecule has 0 spiro atoms. The second kappa shape index (κ2) is 5.83. The third kappa shape index (κ3) is 2.63. The quantitative estimate of drug-likeness (QED) is 0.642. The SMILES string of the molecule is [Na+].c1ccc([C@@H]2[N-]CCc3ccccc32)cc1. The number of benzene rings is 2. The van der Waals surface area contributed by atoms with Crippen LogP contribution in [0.5, 0.6) is 0 Å². The third-order valence-corrected chi connectivity index (χ3v) is 3.16. The van der Waals surface area contributed by atoms with Crippen molar-refractivity contribution in [1.29, 1.82) is 0 Å². The van der Waals surface area contributed by atoms with E-state index in [2.05, 4.69) is 54.6 Å². The van der Waals surface area contributed by atoms with Crippen LogP contribution < -0.4 is 29.6 Å². The molecule has 1 nitrogen and oxygen atoms in total. The minimum Gasteiger partial charge on any atom is -0.652 e. The van der Waals surface area contributed by atoms with Crippen molar-refractivity contribution < 1.29 is 29.6 Å². The van der Waals surface area contributed by atoms with Crippen molar-refractivity contribution in [2.75, 3.05) is 6.54 Å². The average molecular weight is 231 g/mol. The summed E-state index contributed by atoms with van der Waals surface area (Å²) in [6.45, 7) is 0.941. The summed E-state index contributed by atoms with van der Waals surface area (Å²) in [5.74, 6) is 0. The van der Waals surface area contributed by atoms with Gasteiger partial charge in [-0.25, -0.2) is 0 Å². The molecule has 0 aromatic heterocycles.